The standard InChI is InChI=1S/C7H6N2O2/c8-7(9(10)11)6-4-2-1-3-5-6/h1-5,7H. The SMILES string of the molecule is [N]C(c1ccccc1)[N+](=O)[O-]. The molecule has 1 unspecified atom stereocenters. The van der Waals surface area contributed by atoms with Gasteiger partial charge in [0.05, 0.1) is 0 Å². The van der Waals surface area contributed by atoms with Gasteiger partial charge in [0.15, 0.2) is 0 Å². The highest BCUT2D eigenvalue weighted by molar-refractivity contribution is 5.15. The molecule has 4 nitrogen and oxygen atoms in total. The van der Waals surface area contributed by atoms with Gasteiger partial charge in [0.2, 0.25) is 0 Å². The Labute approximate surface area is 63.8 Å². The second kappa shape index (κ2) is 3.12. The van der Waals surface area contributed by atoms with Gasteiger partial charge in [0.25, 0.3) is 0 Å². The van der Waals surface area contributed by atoms with E-state index in [1.165, 1.54) is 12.1 Å². The molecule has 11 heavy (non-hydrogen) atoms. The van der Waals surface area contributed by atoms with Crippen LogP contribution >= 0.6 is 0 Å². The molecule has 0 aliphatic heterocycles. The van der Waals surface area contributed by atoms with Crippen LogP contribution in [0.15, 0.2) is 30.3 Å². The number of nitrogens with zero attached hydrogens (tertiary/aromatic N) is 2. The maximum atomic E-state index is 10.1. The van der Waals surface area contributed by atoms with E-state index in [1.54, 1.807) is 18.2 Å². The summed E-state index contributed by atoms with van der Waals surface area (Å²) in [6.07, 6.45) is -1.60. The Hall–Kier alpha value is -1.42. The number of hydrogen-bond acceptors (Lipinski definition) is 2. The van der Waals surface area contributed by atoms with Gasteiger partial charge in [0.1, 0.15) is 0 Å². The van der Waals surface area contributed by atoms with E-state index in [0.717, 1.165) is 0 Å². The van der Waals surface area contributed by atoms with Gasteiger partial charge < -0.3 is 0 Å². The maximum absolute atomic E-state index is 10.1. The van der Waals surface area contributed by atoms with Gasteiger partial charge in [0, 0.05) is 10.5 Å². The quantitative estimate of drug-likeness (QED) is 0.466. The van der Waals surface area contributed by atoms with Crippen molar-refractivity contribution in [1.82, 2.24) is 5.73 Å². The van der Waals surface area contributed by atoms with Gasteiger partial charge in [-0.05, 0) is 0 Å². The van der Waals surface area contributed by atoms with Gasteiger partial charge >= 0.3 is 6.17 Å². The molecule has 0 bridgehead atoms. The molecular weight excluding hydrogens is 144 g/mol. The van der Waals surface area contributed by atoms with E-state index in [0.29, 0.717) is 5.56 Å². The largest absolute Gasteiger partial charge is 0.322 e. The molecule has 1 aromatic carbocycles. The highest BCUT2D eigenvalue weighted by Crippen LogP contribution is 2.10. The summed E-state index contributed by atoms with van der Waals surface area (Å²) in [4.78, 5) is 9.31. The summed E-state index contributed by atoms with van der Waals surface area (Å²) in [7, 11) is 0. The fourth-order valence-corrected chi connectivity index (χ4v) is 0.747. The summed E-state index contributed by atoms with van der Waals surface area (Å²) >= 11 is 0. The molecule has 1 atom stereocenters. The molecule has 0 heterocycles. The summed E-state index contributed by atoms with van der Waals surface area (Å²) in [5, 5.41) is 10.1. The zero-order valence-electron chi connectivity index (χ0n) is 5.68. The van der Waals surface area contributed by atoms with Crippen molar-refractivity contribution in [1.29, 1.82) is 0 Å². The van der Waals surface area contributed by atoms with E-state index in [9.17, 15) is 10.1 Å². The lowest BCUT2D eigenvalue weighted by atomic mass is 10.2. The Kier molecular flexibility index (Phi) is 2.18. The van der Waals surface area contributed by atoms with Gasteiger partial charge in [-0.25, -0.2) is 0 Å². The first-order chi connectivity index (χ1) is 5.22. The minimum Gasteiger partial charge on any atom is -0.262 e. The fourth-order valence-electron chi connectivity index (χ4n) is 0.747. The molecule has 0 fully saturated rings. The molecule has 0 aliphatic rings. The van der Waals surface area contributed by atoms with Crippen LogP contribution in [-0.4, -0.2) is 4.92 Å². The predicted molar refractivity (Wildman–Crippen MR) is 38.3 cm³/mol. The lowest BCUT2D eigenvalue weighted by Gasteiger charge is -1.99. The van der Waals surface area contributed by atoms with Crippen LogP contribution < -0.4 is 5.73 Å². The van der Waals surface area contributed by atoms with Crippen molar-refractivity contribution < 1.29 is 4.92 Å². The molecule has 0 spiro atoms. The molecule has 0 saturated heterocycles. The van der Waals surface area contributed by atoms with Crippen LogP contribution in [0.1, 0.15) is 11.7 Å². The summed E-state index contributed by atoms with van der Waals surface area (Å²) in [5.74, 6) is 0. The number of hydrogen-bond donors (Lipinski definition) is 0. The molecule has 2 radical (unpaired) electrons. The Morgan fingerprint density at radius 3 is 2.36 bits per heavy atom. The topological polar surface area (TPSA) is 65.4 Å². The summed E-state index contributed by atoms with van der Waals surface area (Å²) < 4.78 is 0. The second-order valence-electron chi connectivity index (χ2n) is 2.07. The van der Waals surface area contributed by atoms with Crippen LogP contribution in [0, 0.1) is 10.1 Å². The predicted octanol–water partition coefficient (Wildman–Crippen LogP) is 1.03. The monoisotopic (exact) mass is 150 g/mol. The molecular formula is C7H6N2O2. The molecule has 0 amide bonds. The van der Waals surface area contributed by atoms with Crippen molar-refractivity contribution in [2.45, 2.75) is 6.17 Å². The van der Waals surface area contributed by atoms with Crippen molar-refractivity contribution in [3.8, 4) is 0 Å². The minimum absolute atomic E-state index is 0.303. The highest BCUT2D eigenvalue weighted by Gasteiger charge is 2.17. The van der Waals surface area contributed by atoms with Crippen molar-refractivity contribution in [2.75, 3.05) is 0 Å². The average Bonchev–Trinajstić information content (AvgIpc) is 2.05. The van der Waals surface area contributed by atoms with Gasteiger partial charge in [-0.3, -0.25) is 10.1 Å². The molecule has 56 valence electrons. The first kappa shape index (κ1) is 7.68. The van der Waals surface area contributed by atoms with Gasteiger partial charge in [-0.1, -0.05) is 36.1 Å². The fraction of sp³-hybridized carbons (Fsp3) is 0.143. The zero-order chi connectivity index (χ0) is 8.27. The normalized spacial score (nSPS) is 12.5. The maximum Gasteiger partial charge on any atom is 0.322 e. The van der Waals surface area contributed by atoms with E-state index in [4.69, 9.17) is 5.73 Å². The van der Waals surface area contributed by atoms with Crippen LogP contribution in [-0.2, 0) is 0 Å². The first-order valence-corrected chi connectivity index (χ1v) is 3.08. The molecule has 0 aliphatic carbocycles. The Morgan fingerprint density at radius 2 is 1.91 bits per heavy atom. The van der Waals surface area contributed by atoms with Crippen LogP contribution in [0.5, 0.6) is 0 Å². The highest BCUT2D eigenvalue weighted by atomic mass is 16.6. The lowest BCUT2D eigenvalue weighted by molar-refractivity contribution is -0.530. The van der Waals surface area contributed by atoms with E-state index >= 15 is 0 Å². The Bertz CT molecular complexity index is 248. The van der Waals surface area contributed by atoms with Crippen molar-refractivity contribution in [2.24, 2.45) is 0 Å². The van der Waals surface area contributed by atoms with Crippen LogP contribution in [0.3, 0.4) is 0 Å². The van der Waals surface area contributed by atoms with Crippen LogP contribution in [0.4, 0.5) is 0 Å². The lowest BCUT2D eigenvalue weighted by Crippen LogP contribution is -2.10. The molecule has 0 saturated carbocycles. The van der Waals surface area contributed by atoms with Crippen molar-refractivity contribution in [3.63, 3.8) is 0 Å². The van der Waals surface area contributed by atoms with E-state index in [2.05, 4.69) is 0 Å². The smallest absolute Gasteiger partial charge is 0.262 e. The van der Waals surface area contributed by atoms with E-state index in [1.807, 2.05) is 0 Å². The van der Waals surface area contributed by atoms with Crippen LogP contribution in [0.25, 0.3) is 0 Å². The summed E-state index contributed by atoms with van der Waals surface area (Å²) in [6.45, 7) is 0. The molecule has 0 N–H and O–H groups in total. The van der Waals surface area contributed by atoms with Crippen LogP contribution in [0.2, 0.25) is 0 Å². The molecule has 1 aromatic rings. The molecule has 1 rings (SSSR count). The number of rotatable bonds is 2. The summed E-state index contributed by atoms with van der Waals surface area (Å²) in [6, 6.07) is 8.03. The van der Waals surface area contributed by atoms with Gasteiger partial charge in [-0.15, -0.1) is 0 Å². The third kappa shape index (κ3) is 1.75. The second-order valence-corrected chi connectivity index (χ2v) is 2.07. The van der Waals surface area contributed by atoms with Crippen molar-refractivity contribution >= 4 is 0 Å². The summed E-state index contributed by atoms with van der Waals surface area (Å²) in [5.41, 5.74) is 9.20. The molecule has 4 heteroatoms. The first-order valence-electron chi connectivity index (χ1n) is 3.08. The Morgan fingerprint density at radius 1 is 1.36 bits per heavy atom. The number of nitro groups is 1. The van der Waals surface area contributed by atoms with E-state index < -0.39 is 11.1 Å². The average molecular weight is 150 g/mol. The Balaban J connectivity index is 2.85. The minimum atomic E-state index is -1.60. The van der Waals surface area contributed by atoms with Gasteiger partial charge in [-0.2, -0.15) is 0 Å². The van der Waals surface area contributed by atoms with Crippen molar-refractivity contribution in [3.05, 3.63) is 46.0 Å². The number of benzene rings is 1. The third-order valence-corrected chi connectivity index (χ3v) is 1.30. The van der Waals surface area contributed by atoms with E-state index in [-0.39, 0.29) is 0 Å². The zero-order valence-corrected chi connectivity index (χ0v) is 5.68. The third-order valence-electron chi connectivity index (χ3n) is 1.30. The molecule has 0 aromatic heterocycles.